The fourth-order valence-electron chi connectivity index (χ4n) is 2.88. The van der Waals surface area contributed by atoms with Crippen molar-refractivity contribution < 1.29 is 19.1 Å². The summed E-state index contributed by atoms with van der Waals surface area (Å²) in [6, 6.07) is 10.0. The lowest BCUT2D eigenvalue weighted by molar-refractivity contribution is -0.122. The normalized spacial score (nSPS) is 15.7. The molecule has 0 spiro atoms. The fourth-order valence-corrected chi connectivity index (χ4v) is 5.01. The molecule has 4 amide bonds. The van der Waals surface area contributed by atoms with Crippen molar-refractivity contribution in [2.75, 3.05) is 11.5 Å². The number of benzene rings is 2. The number of nitrogens with one attached hydrogen (secondary N) is 1. The Balaban J connectivity index is 1.99. The third-order valence-corrected chi connectivity index (χ3v) is 5.93. The van der Waals surface area contributed by atoms with Crippen LogP contribution in [-0.2, 0) is 16.0 Å². The van der Waals surface area contributed by atoms with Gasteiger partial charge in [-0.3, -0.25) is 14.9 Å². The Kier molecular flexibility index (Phi) is 6.93. The predicted molar refractivity (Wildman–Crippen MR) is 128 cm³/mol. The molecule has 1 saturated heterocycles. The second-order valence-corrected chi connectivity index (χ2v) is 8.55. The second kappa shape index (κ2) is 9.24. The summed E-state index contributed by atoms with van der Waals surface area (Å²) in [4.78, 5) is 38.7. The number of carbonyl (C=O) groups is 3. The van der Waals surface area contributed by atoms with Crippen molar-refractivity contribution in [3.63, 3.8) is 0 Å². The van der Waals surface area contributed by atoms with Gasteiger partial charge in [0.15, 0.2) is 0 Å². The first-order chi connectivity index (χ1) is 13.8. The highest BCUT2D eigenvalue weighted by Gasteiger charge is 2.36. The Morgan fingerprint density at radius 2 is 1.66 bits per heavy atom. The fraction of sp³-hybridized carbons (Fsp3) is 0.190. The van der Waals surface area contributed by atoms with E-state index >= 15 is 0 Å². The summed E-state index contributed by atoms with van der Waals surface area (Å²) in [5.74, 6) is -0.592. The Labute approximate surface area is 196 Å². The Hall–Kier alpha value is -1.95. The largest absolute Gasteiger partial charge is 0.492 e. The first-order valence-electron chi connectivity index (χ1n) is 8.98. The topological polar surface area (TPSA) is 75.7 Å². The van der Waals surface area contributed by atoms with Crippen molar-refractivity contribution in [2.24, 2.45) is 0 Å². The second-order valence-electron chi connectivity index (χ2n) is 6.22. The molecule has 0 bridgehead atoms. The van der Waals surface area contributed by atoms with Crippen molar-refractivity contribution in [1.82, 2.24) is 5.32 Å². The maximum atomic E-state index is 13.0. The van der Waals surface area contributed by atoms with E-state index in [0.29, 0.717) is 17.9 Å². The lowest BCUT2D eigenvalue weighted by Crippen LogP contribution is -2.54. The van der Waals surface area contributed by atoms with Gasteiger partial charge in [-0.15, -0.1) is 0 Å². The van der Waals surface area contributed by atoms with Crippen LogP contribution in [0.3, 0.4) is 0 Å². The first kappa shape index (κ1) is 21.8. The molecule has 0 atom stereocenters. The molecular weight excluding hydrogens is 598 g/mol. The van der Waals surface area contributed by atoms with Crippen LogP contribution in [0.25, 0.3) is 6.08 Å². The number of ether oxygens (including phenoxy) is 1. The summed E-state index contributed by atoms with van der Waals surface area (Å²) in [6.07, 6.45) is 2.34. The molecule has 0 radical (unpaired) electrons. The van der Waals surface area contributed by atoms with Gasteiger partial charge in [0.1, 0.15) is 11.3 Å². The molecule has 3 rings (SSSR count). The number of halogens is 2. The highest BCUT2D eigenvalue weighted by molar-refractivity contribution is 14.1. The molecular formula is C21H18I2N2O4. The van der Waals surface area contributed by atoms with E-state index in [0.717, 1.165) is 29.8 Å². The van der Waals surface area contributed by atoms with Crippen molar-refractivity contribution in [1.29, 1.82) is 0 Å². The van der Waals surface area contributed by atoms with Crippen LogP contribution in [-0.4, -0.2) is 24.5 Å². The van der Waals surface area contributed by atoms with Crippen molar-refractivity contribution >= 4 is 74.8 Å². The molecule has 29 heavy (non-hydrogen) atoms. The minimum absolute atomic E-state index is 0.0973. The average molecular weight is 616 g/mol. The van der Waals surface area contributed by atoms with Gasteiger partial charge in [0.2, 0.25) is 0 Å². The van der Waals surface area contributed by atoms with Gasteiger partial charge in [-0.25, -0.2) is 9.69 Å². The summed E-state index contributed by atoms with van der Waals surface area (Å²) < 4.78 is 7.37. The number of barbiturate groups is 1. The number of aryl methyl sites for hydroxylation is 1. The van der Waals surface area contributed by atoms with Gasteiger partial charge in [0.25, 0.3) is 11.8 Å². The average Bonchev–Trinajstić information content (AvgIpc) is 2.68. The van der Waals surface area contributed by atoms with Crippen LogP contribution in [0.4, 0.5) is 10.5 Å². The van der Waals surface area contributed by atoms with E-state index in [9.17, 15) is 14.4 Å². The van der Waals surface area contributed by atoms with Crippen LogP contribution in [0, 0.1) is 7.14 Å². The Bertz CT molecular complexity index is 993. The van der Waals surface area contributed by atoms with Gasteiger partial charge < -0.3 is 4.74 Å². The van der Waals surface area contributed by atoms with E-state index in [1.165, 1.54) is 6.08 Å². The zero-order valence-electron chi connectivity index (χ0n) is 15.8. The summed E-state index contributed by atoms with van der Waals surface area (Å²) in [6.45, 7) is 4.47. The van der Waals surface area contributed by atoms with Crippen molar-refractivity contribution in [3.8, 4) is 5.75 Å². The molecule has 1 fully saturated rings. The standard InChI is InChI=1S/C21H18I2N2O4/c1-3-12-5-7-14(8-6-12)25-20(27)15(19(26)24-21(25)28)9-13-10-16(22)18(29-4-2)17(23)11-13/h5-11H,3-4H2,1-2H3,(H,24,26,28)/b15-9-. The van der Waals surface area contributed by atoms with Crippen LogP contribution in [0.2, 0.25) is 0 Å². The molecule has 0 aliphatic carbocycles. The zero-order chi connectivity index (χ0) is 21.1. The maximum Gasteiger partial charge on any atom is 0.335 e. The molecule has 1 aliphatic heterocycles. The maximum absolute atomic E-state index is 13.0. The van der Waals surface area contributed by atoms with Gasteiger partial charge in [-0.2, -0.15) is 0 Å². The number of hydrogen-bond donors (Lipinski definition) is 1. The number of imide groups is 2. The summed E-state index contributed by atoms with van der Waals surface area (Å²) in [5, 5.41) is 2.25. The van der Waals surface area contributed by atoms with Gasteiger partial charge in [-0.1, -0.05) is 19.1 Å². The molecule has 2 aromatic rings. The minimum Gasteiger partial charge on any atom is -0.492 e. The molecule has 1 N–H and O–H groups in total. The molecule has 8 heteroatoms. The molecule has 150 valence electrons. The van der Waals surface area contributed by atoms with Gasteiger partial charge >= 0.3 is 6.03 Å². The lowest BCUT2D eigenvalue weighted by Gasteiger charge is -2.26. The van der Waals surface area contributed by atoms with Crippen LogP contribution in [0.15, 0.2) is 42.0 Å². The molecule has 1 heterocycles. The third-order valence-electron chi connectivity index (χ3n) is 4.32. The molecule has 0 aromatic heterocycles. The monoisotopic (exact) mass is 616 g/mol. The number of amides is 4. The van der Waals surface area contributed by atoms with Crippen molar-refractivity contribution in [3.05, 3.63) is 60.2 Å². The number of nitrogens with zero attached hydrogens (tertiary/aromatic N) is 1. The van der Waals surface area contributed by atoms with Crippen LogP contribution < -0.4 is 15.0 Å². The molecule has 0 saturated carbocycles. The number of urea groups is 1. The van der Waals surface area contributed by atoms with E-state index in [1.807, 2.05) is 38.1 Å². The van der Waals surface area contributed by atoms with Crippen molar-refractivity contribution in [2.45, 2.75) is 20.3 Å². The third kappa shape index (κ3) is 4.63. The van der Waals surface area contributed by atoms with Crippen LogP contribution in [0.5, 0.6) is 5.75 Å². The molecule has 2 aromatic carbocycles. The smallest absolute Gasteiger partial charge is 0.335 e. The first-order valence-corrected chi connectivity index (χ1v) is 11.1. The van der Waals surface area contributed by atoms with Gasteiger partial charge in [0.05, 0.1) is 19.4 Å². The highest BCUT2D eigenvalue weighted by atomic mass is 127. The number of carbonyl (C=O) groups excluding carboxylic acids is 3. The van der Waals surface area contributed by atoms with E-state index in [2.05, 4.69) is 50.5 Å². The van der Waals surface area contributed by atoms with Gasteiger partial charge in [0, 0.05) is 0 Å². The van der Waals surface area contributed by atoms with E-state index in [-0.39, 0.29) is 5.57 Å². The Morgan fingerprint density at radius 3 is 2.21 bits per heavy atom. The van der Waals surface area contributed by atoms with Crippen LogP contribution in [0.1, 0.15) is 25.0 Å². The minimum atomic E-state index is -0.753. The van der Waals surface area contributed by atoms with E-state index in [1.54, 1.807) is 12.1 Å². The van der Waals surface area contributed by atoms with Gasteiger partial charge in [-0.05, 0) is 100.0 Å². The number of rotatable bonds is 5. The summed E-state index contributed by atoms with van der Waals surface area (Å²) >= 11 is 4.31. The summed E-state index contributed by atoms with van der Waals surface area (Å²) in [7, 11) is 0. The quantitative estimate of drug-likeness (QED) is 0.305. The number of hydrogen-bond acceptors (Lipinski definition) is 4. The highest BCUT2D eigenvalue weighted by Crippen LogP contribution is 2.30. The Morgan fingerprint density at radius 1 is 1.03 bits per heavy atom. The van der Waals surface area contributed by atoms with E-state index in [4.69, 9.17) is 4.74 Å². The number of anilines is 1. The predicted octanol–water partition coefficient (Wildman–Crippen LogP) is 4.52. The SMILES string of the molecule is CCOc1c(I)cc(/C=C2/C(=O)NC(=O)N(c3ccc(CC)cc3)C2=O)cc1I. The van der Waals surface area contributed by atoms with E-state index < -0.39 is 17.8 Å². The molecule has 6 nitrogen and oxygen atoms in total. The molecule has 0 unspecified atom stereocenters. The zero-order valence-corrected chi connectivity index (χ0v) is 20.1. The molecule has 1 aliphatic rings. The summed E-state index contributed by atoms with van der Waals surface area (Å²) in [5.41, 5.74) is 2.08. The lowest BCUT2D eigenvalue weighted by atomic mass is 10.1. The van der Waals surface area contributed by atoms with Crippen LogP contribution >= 0.6 is 45.2 Å².